The van der Waals surface area contributed by atoms with Gasteiger partial charge in [-0.25, -0.2) is 4.79 Å². The minimum atomic E-state index is -0.0281. The number of aryl methyl sites for hydroxylation is 2. The molecule has 3 atom stereocenters. The van der Waals surface area contributed by atoms with Crippen molar-refractivity contribution in [2.45, 2.75) is 88.5 Å². The summed E-state index contributed by atoms with van der Waals surface area (Å²) in [5, 5.41) is 3.82. The quantitative estimate of drug-likeness (QED) is 0.753. The number of hydrogen-bond donors (Lipinski definition) is 2. The molecule has 2 aliphatic carbocycles. The molecule has 5 heteroatoms. The van der Waals surface area contributed by atoms with E-state index in [4.69, 9.17) is 0 Å². The number of fused-ring (bicyclic) bond motifs is 4. The molecule has 27 heavy (non-hydrogen) atoms. The molecule has 0 radical (unpaired) electrons. The van der Waals surface area contributed by atoms with Crippen LogP contribution in [0.25, 0.3) is 0 Å². The molecular formula is C22H31N3OS. The van der Waals surface area contributed by atoms with Crippen LogP contribution >= 0.6 is 11.9 Å². The summed E-state index contributed by atoms with van der Waals surface area (Å²) in [5.74, 6) is 0. The molecule has 2 amide bonds. The molecule has 2 fully saturated rings. The normalized spacial score (nSPS) is 28.9. The van der Waals surface area contributed by atoms with E-state index in [2.05, 4.69) is 27.9 Å². The fraction of sp³-hybridized carbons (Fsp3) is 0.682. The van der Waals surface area contributed by atoms with Crippen LogP contribution in [0.15, 0.2) is 6.07 Å². The second kappa shape index (κ2) is 7.32. The molecule has 2 heterocycles. The zero-order chi connectivity index (χ0) is 18.4. The van der Waals surface area contributed by atoms with Gasteiger partial charge in [0.2, 0.25) is 0 Å². The lowest BCUT2D eigenvalue weighted by Crippen LogP contribution is -2.44. The van der Waals surface area contributed by atoms with E-state index in [9.17, 15) is 4.79 Å². The summed E-state index contributed by atoms with van der Waals surface area (Å²) < 4.78 is 3.13. The molecule has 2 unspecified atom stereocenters. The van der Waals surface area contributed by atoms with Gasteiger partial charge in [0, 0.05) is 23.0 Å². The van der Waals surface area contributed by atoms with Crippen molar-refractivity contribution in [2.24, 2.45) is 0 Å². The van der Waals surface area contributed by atoms with Crippen molar-refractivity contribution in [2.75, 3.05) is 11.9 Å². The third-order valence-electron chi connectivity index (χ3n) is 7.24. The maximum Gasteiger partial charge on any atom is 0.329 e. The van der Waals surface area contributed by atoms with E-state index >= 15 is 0 Å². The van der Waals surface area contributed by atoms with Crippen molar-refractivity contribution in [3.05, 3.63) is 28.3 Å². The third-order valence-corrected chi connectivity index (χ3v) is 8.26. The lowest BCUT2D eigenvalue weighted by molar-refractivity contribution is 0.152. The van der Waals surface area contributed by atoms with E-state index < -0.39 is 0 Å². The van der Waals surface area contributed by atoms with Crippen molar-refractivity contribution in [3.8, 4) is 0 Å². The SMILES string of the molecule is CCN1C2CC[C@H]1CC(SNC(=O)Nc1c3c(cc4c1CCC4)CCC3)C2. The van der Waals surface area contributed by atoms with Gasteiger partial charge in [0.15, 0.2) is 0 Å². The average molecular weight is 386 g/mol. The van der Waals surface area contributed by atoms with E-state index in [0.29, 0.717) is 5.25 Å². The summed E-state index contributed by atoms with van der Waals surface area (Å²) in [5.41, 5.74) is 6.91. The highest BCUT2D eigenvalue weighted by Crippen LogP contribution is 2.40. The van der Waals surface area contributed by atoms with Crippen LogP contribution in [0.3, 0.4) is 0 Å². The summed E-state index contributed by atoms with van der Waals surface area (Å²) in [6.45, 7) is 3.45. The summed E-state index contributed by atoms with van der Waals surface area (Å²) >= 11 is 1.66. The smallest absolute Gasteiger partial charge is 0.307 e. The van der Waals surface area contributed by atoms with Gasteiger partial charge < -0.3 is 5.32 Å². The Hall–Kier alpha value is -1.20. The number of nitrogens with zero attached hydrogens (tertiary/aromatic N) is 1. The molecule has 0 spiro atoms. The van der Waals surface area contributed by atoms with E-state index in [-0.39, 0.29) is 6.03 Å². The Morgan fingerprint density at radius 3 is 2.30 bits per heavy atom. The maximum atomic E-state index is 12.7. The molecular weight excluding hydrogens is 354 g/mol. The lowest BCUT2D eigenvalue weighted by atomic mass is 9.99. The number of rotatable bonds is 4. The number of anilines is 1. The van der Waals surface area contributed by atoms with Crippen LogP contribution in [0.4, 0.5) is 10.5 Å². The average Bonchev–Trinajstić information content (AvgIpc) is 3.37. The summed E-state index contributed by atoms with van der Waals surface area (Å²) in [6, 6.07) is 3.85. The maximum absolute atomic E-state index is 12.7. The number of hydrogen-bond acceptors (Lipinski definition) is 3. The second-order valence-corrected chi connectivity index (χ2v) is 9.82. The van der Waals surface area contributed by atoms with Crippen molar-refractivity contribution in [3.63, 3.8) is 0 Å². The van der Waals surface area contributed by atoms with E-state index in [1.165, 1.54) is 80.2 Å². The Morgan fingerprint density at radius 2 is 1.70 bits per heavy atom. The Morgan fingerprint density at radius 1 is 1.07 bits per heavy atom. The number of urea groups is 1. The standard InChI is InChI=1S/C22H31N3OS/c1-2-25-16-9-10-17(25)13-18(12-16)27-24-22(26)23-21-19-7-3-5-14(19)11-15-6-4-8-20(15)21/h11,16-18H,2-10,12-13H2,1H3,(H2,23,24,26)/t16-,17?,18?/m0/s1. The molecule has 4 nitrogen and oxygen atoms in total. The number of nitrogens with one attached hydrogen (secondary N) is 2. The lowest BCUT2D eigenvalue weighted by Gasteiger charge is -2.37. The molecule has 2 N–H and O–H groups in total. The first-order chi connectivity index (χ1) is 13.2. The van der Waals surface area contributed by atoms with E-state index in [1.807, 2.05) is 0 Å². The van der Waals surface area contributed by atoms with Gasteiger partial charge in [-0.3, -0.25) is 9.62 Å². The topological polar surface area (TPSA) is 44.4 Å². The van der Waals surface area contributed by atoms with Crippen molar-refractivity contribution in [1.29, 1.82) is 0 Å². The Bertz CT molecular complexity index is 703. The molecule has 2 bridgehead atoms. The van der Waals surface area contributed by atoms with Gasteiger partial charge in [0.05, 0.1) is 0 Å². The highest BCUT2D eigenvalue weighted by Gasteiger charge is 2.40. The molecule has 1 aromatic rings. The monoisotopic (exact) mass is 385 g/mol. The van der Waals surface area contributed by atoms with Crippen LogP contribution in [-0.4, -0.2) is 34.8 Å². The molecule has 0 aromatic heterocycles. The summed E-state index contributed by atoms with van der Waals surface area (Å²) in [6.07, 6.45) is 12.1. The zero-order valence-electron chi connectivity index (χ0n) is 16.4. The zero-order valence-corrected chi connectivity index (χ0v) is 17.2. The van der Waals surface area contributed by atoms with Gasteiger partial charge in [-0.15, -0.1) is 0 Å². The molecule has 146 valence electrons. The first-order valence-electron chi connectivity index (χ1n) is 10.9. The Kier molecular flexibility index (Phi) is 4.85. The van der Waals surface area contributed by atoms with Crippen molar-refractivity contribution < 1.29 is 4.79 Å². The Balaban J connectivity index is 1.23. The molecule has 2 aliphatic heterocycles. The molecule has 4 aliphatic rings. The van der Waals surface area contributed by atoms with Gasteiger partial charge in [-0.2, -0.15) is 0 Å². The minimum absolute atomic E-state index is 0.0281. The largest absolute Gasteiger partial charge is 0.329 e. The number of benzene rings is 1. The first kappa shape index (κ1) is 17.9. The van der Waals surface area contributed by atoms with Crippen LogP contribution in [0.5, 0.6) is 0 Å². The fourth-order valence-corrected chi connectivity index (χ4v) is 7.04. The van der Waals surface area contributed by atoms with Gasteiger partial charge in [-0.1, -0.05) is 13.0 Å². The highest BCUT2D eigenvalue weighted by molar-refractivity contribution is 7.98. The van der Waals surface area contributed by atoms with Gasteiger partial charge in [0.25, 0.3) is 0 Å². The van der Waals surface area contributed by atoms with Crippen molar-refractivity contribution >= 4 is 23.7 Å². The molecule has 5 rings (SSSR count). The predicted octanol–water partition coefficient (Wildman–Crippen LogP) is 4.45. The third kappa shape index (κ3) is 3.27. The minimum Gasteiger partial charge on any atom is -0.307 e. The van der Waals surface area contributed by atoms with E-state index in [0.717, 1.165) is 30.6 Å². The van der Waals surface area contributed by atoms with Gasteiger partial charge >= 0.3 is 6.03 Å². The van der Waals surface area contributed by atoms with Gasteiger partial charge in [-0.05, 0) is 105 Å². The number of amides is 2. The Labute approximate surface area is 167 Å². The van der Waals surface area contributed by atoms with Crippen LogP contribution in [0.2, 0.25) is 0 Å². The first-order valence-corrected chi connectivity index (χ1v) is 11.8. The van der Waals surface area contributed by atoms with Gasteiger partial charge in [0.1, 0.15) is 0 Å². The van der Waals surface area contributed by atoms with Crippen LogP contribution in [0.1, 0.15) is 67.7 Å². The van der Waals surface area contributed by atoms with Crippen LogP contribution in [-0.2, 0) is 25.7 Å². The molecule has 1 aromatic carbocycles. The summed E-state index contributed by atoms with van der Waals surface area (Å²) in [4.78, 5) is 15.4. The number of carbonyl (C=O) groups is 1. The van der Waals surface area contributed by atoms with Crippen LogP contribution < -0.4 is 10.0 Å². The molecule has 2 saturated heterocycles. The van der Waals surface area contributed by atoms with Crippen LogP contribution in [0, 0.1) is 0 Å². The number of piperidine rings is 1. The van der Waals surface area contributed by atoms with E-state index in [1.54, 1.807) is 11.9 Å². The fourth-order valence-electron chi connectivity index (χ4n) is 6.08. The summed E-state index contributed by atoms with van der Waals surface area (Å²) in [7, 11) is 0. The number of carbonyl (C=O) groups excluding carboxylic acids is 1. The van der Waals surface area contributed by atoms with Crippen molar-refractivity contribution in [1.82, 2.24) is 9.62 Å². The molecule has 0 saturated carbocycles. The highest BCUT2D eigenvalue weighted by atomic mass is 32.2. The predicted molar refractivity (Wildman–Crippen MR) is 112 cm³/mol. The second-order valence-electron chi connectivity index (χ2n) is 8.72.